The van der Waals surface area contributed by atoms with Crippen molar-refractivity contribution in [3.05, 3.63) is 53.6 Å². The van der Waals surface area contributed by atoms with Gasteiger partial charge < -0.3 is 4.90 Å². The van der Waals surface area contributed by atoms with Crippen LogP contribution in [0.1, 0.15) is 62.5 Å². The first kappa shape index (κ1) is 18.8. The molecule has 1 fully saturated rings. The quantitative estimate of drug-likeness (QED) is 0.769. The Morgan fingerprint density at radius 3 is 2.42 bits per heavy atom. The van der Waals surface area contributed by atoms with Crippen molar-refractivity contribution in [3.63, 3.8) is 0 Å². The molecule has 4 heteroatoms. The topological polar surface area (TPSA) is 32.3 Å². The molecule has 0 N–H and O–H groups in total. The highest BCUT2D eigenvalue weighted by Gasteiger charge is 2.22. The number of anilines is 1. The monoisotopic (exact) mass is 352 g/mol. The van der Waals surface area contributed by atoms with Crippen LogP contribution in [0.15, 0.2) is 36.5 Å². The van der Waals surface area contributed by atoms with Gasteiger partial charge in [-0.2, -0.15) is 0 Å². The lowest BCUT2D eigenvalue weighted by Crippen LogP contribution is -2.32. The molecule has 0 aliphatic carbocycles. The van der Waals surface area contributed by atoms with E-state index in [1.165, 1.54) is 29.8 Å². The molecule has 1 saturated heterocycles. The van der Waals surface area contributed by atoms with Gasteiger partial charge in [-0.25, -0.2) is 9.97 Å². The highest BCUT2D eigenvalue weighted by molar-refractivity contribution is 5.46. The van der Waals surface area contributed by atoms with Crippen LogP contribution in [0.3, 0.4) is 0 Å². The van der Waals surface area contributed by atoms with Gasteiger partial charge in [-0.15, -0.1) is 0 Å². The molecule has 0 saturated carbocycles. The summed E-state index contributed by atoms with van der Waals surface area (Å²) in [7, 11) is 2.14. The molecule has 2 heterocycles. The SMILES string of the molecule is CCN(C)c1ccc(CN2CCC(c3ccnc(C(C)C)n3)CC2)cc1. The fraction of sp³-hybridized carbons (Fsp3) is 0.545. The fourth-order valence-electron chi connectivity index (χ4n) is 3.58. The molecule has 1 aromatic heterocycles. The second kappa shape index (κ2) is 8.63. The molecule has 0 radical (unpaired) electrons. The number of nitrogens with zero attached hydrogens (tertiary/aromatic N) is 4. The van der Waals surface area contributed by atoms with Crippen molar-refractivity contribution in [2.24, 2.45) is 0 Å². The highest BCUT2D eigenvalue weighted by Crippen LogP contribution is 2.28. The van der Waals surface area contributed by atoms with Crippen molar-refractivity contribution in [1.29, 1.82) is 0 Å². The Balaban J connectivity index is 1.54. The van der Waals surface area contributed by atoms with Gasteiger partial charge in [-0.3, -0.25) is 4.90 Å². The fourth-order valence-corrected chi connectivity index (χ4v) is 3.58. The number of rotatable bonds is 6. The van der Waals surface area contributed by atoms with Crippen molar-refractivity contribution < 1.29 is 0 Å². The third-order valence-corrected chi connectivity index (χ3v) is 5.48. The van der Waals surface area contributed by atoms with E-state index in [-0.39, 0.29) is 0 Å². The van der Waals surface area contributed by atoms with Crippen molar-refractivity contribution >= 4 is 5.69 Å². The van der Waals surface area contributed by atoms with Crippen LogP contribution in [0.5, 0.6) is 0 Å². The molecule has 26 heavy (non-hydrogen) atoms. The van der Waals surface area contributed by atoms with Crippen molar-refractivity contribution in [1.82, 2.24) is 14.9 Å². The first-order valence-corrected chi connectivity index (χ1v) is 9.92. The Kier molecular flexibility index (Phi) is 6.25. The van der Waals surface area contributed by atoms with E-state index in [1.807, 2.05) is 6.20 Å². The molecule has 0 unspecified atom stereocenters. The first-order valence-electron chi connectivity index (χ1n) is 9.92. The first-order chi connectivity index (χ1) is 12.6. The summed E-state index contributed by atoms with van der Waals surface area (Å²) in [4.78, 5) is 14.0. The lowest BCUT2D eigenvalue weighted by atomic mass is 9.93. The summed E-state index contributed by atoms with van der Waals surface area (Å²) in [6, 6.07) is 11.1. The van der Waals surface area contributed by atoms with E-state index in [0.29, 0.717) is 11.8 Å². The zero-order chi connectivity index (χ0) is 18.5. The average molecular weight is 353 g/mol. The van der Waals surface area contributed by atoms with E-state index >= 15 is 0 Å². The van der Waals surface area contributed by atoms with Crippen LogP contribution < -0.4 is 4.90 Å². The minimum atomic E-state index is 0.393. The molecular weight excluding hydrogens is 320 g/mol. The van der Waals surface area contributed by atoms with Crippen LogP contribution in [0, 0.1) is 0 Å². The number of hydrogen-bond acceptors (Lipinski definition) is 4. The maximum Gasteiger partial charge on any atom is 0.131 e. The molecular formula is C22H32N4. The Morgan fingerprint density at radius 1 is 1.12 bits per heavy atom. The second-order valence-electron chi connectivity index (χ2n) is 7.73. The number of likely N-dealkylation sites (tertiary alicyclic amines) is 1. The third kappa shape index (κ3) is 4.61. The van der Waals surface area contributed by atoms with Gasteiger partial charge in [-0.05, 0) is 56.6 Å². The van der Waals surface area contributed by atoms with Gasteiger partial charge in [-0.1, -0.05) is 26.0 Å². The van der Waals surface area contributed by atoms with Gasteiger partial charge >= 0.3 is 0 Å². The predicted octanol–water partition coefficient (Wildman–Crippen LogP) is 4.44. The van der Waals surface area contributed by atoms with E-state index in [0.717, 1.165) is 32.0 Å². The van der Waals surface area contributed by atoms with E-state index < -0.39 is 0 Å². The maximum absolute atomic E-state index is 4.80. The molecule has 3 rings (SSSR count). The van der Waals surface area contributed by atoms with Crippen LogP contribution in [-0.4, -0.2) is 41.5 Å². The van der Waals surface area contributed by atoms with Crippen molar-refractivity contribution in [2.45, 2.75) is 52.0 Å². The maximum atomic E-state index is 4.80. The molecule has 1 aromatic carbocycles. The molecule has 1 aliphatic rings. The van der Waals surface area contributed by atoms with Crippen LogP contribution in [-0.2, 0) is 6.54 Å². The molecule has 140 valence electrons. The van der Waals surface area contributed by atoms with E-state index in [1.54, 1.807) is 0 Å². The molecule has 4 nitrogen and oxygen atoms in total. The van der Waals surface area contributed by atoms with E-state index in [9.17, 15) is 0 Å². The average Bonchev–Trinajstić information content (AvgIpc) is 2.68. The minimum Gasteiger partial charge on any atom is -0.375 e. The normalized spacial score (nSPS) is 16.2. The summed E-state index contributed by atoms with van der Waals surface area (Å²) in [5.41, 5.74) is 3.93. The van der Waals surface area contributed by atoms with Crippen LogP contribution in [0.25, 0.3) is 0 Å². The van der Waals surface area contributed by atoms with Crippen LogP contribution in [0.4, 0.5) is 5.69 Å². The number of aromatic nitrogens is 2. The predicted molar refractivity (Wildman–Crippen MR) is 109 cm³/mol. The number of hydrogen-bond donors (Lipinski definition) is 0. The van der Waals surface area contributed by atoms with Crippen molar-refractivity contribution in [3.8, 4) is 0 Å². The van der Waals surface area contributed by atoms with Gasteiger partial charge in [0.05, 0.1) is 0 Å². The molecule has 1 aliphatic heterocycles. The Labute approximate surface area is 158 Å². The standard InChI is InChI=1S/C22H32N4/c1-5-25(4)20-8-6-18(7-9-20)16-26-14-11-19(12-15-26)21-10-13-23-22(24-21)17(2)3/h6-10,13,17,19H,5,11-12,14-16H2,1-4H3. The summed E-state index contributed by atoms with van der Waals surface area (Å²) in [6.45, 7) is 10.9. The number of benzene rings is 1. The largest absolute Gasteiger partial charge is 0.375 e. The van der Waals surface area contributed by atoms with E-state index in [4.69, 9.17) is 4.98 Å². The summed E-state index contributed by atoms with van der Waals surface area (Å²) >= 11 is 0. The van der Waals surface area contributed by atoms with Crippen molar-refractivity contribution in [2.75, 3.05) is 31.6 Å². The number of piperidine rings is 1. The van der Waals surface area contributed by atoms with Crippen LogP contribution >= 0.6 is 0 Å². The van der Waals surface area contributed by atoms with E-state index in [2.05, 4.69) is 72.9 Å². The van der Waals surface area contributed by atoms with Crippen LogP contribution in [0.2, 0.25) is 0 Å². The Morgan fingerprint density at radius 2 is 1.81 bits per heavy atom. The minimum absolute atomic E-state index is 0.393. The zero-order valence-corrected chi connectivity index (χ0v) is 16.7. The van der Waals surface area contributed by atoms with Gasteiger partial charge in [0, 0.05) is 49.6 Å². The highest BCUT2D eigenvalue weighted by atomic mass is 15.1. The molecule has 0 atom stereocenters. The zero-order valence-electron chi connectivity index (χ0n) is 16.7. The molecule has 0 spiro atoms. The van der Waals surface area contributed by atoms with Gasteiger partial charge in [0.2, 0.25) is 0 Å². The lowest BCUT2D eigenvalue weighted by Gasteiger charge is -2.32. The summed E-state index contributed by atoms with van der Waals surface area (Å²) in [5, 5.41) is 0. The Bertz CT molecular complexity index is 688. The van der Waals surface area contributed by atoms with Gasteiger partial charge in [0.15, 0.2) is 0 Å². The summed E-state index contributed by atoms with van der Waals surface area (Å²) in [5.74, 6) is 1.94. The third-order valence-electron chi connectivity index (χ3n) is 5.48. The molecule has 2 aromatic rings. The van der Waals surface area contributed by atoms with Gasteiger partial charge in [0.1, 0.15) is 5.82 Å². The molecule has 0 bridgehead atoms. The second-order valence-corrected chi connectivity index (χ2v) is 7.73. The Hall–Kier alpha value is -1.94. The smallest absolute Gasteiger partial charge is 0.131 e. The lowest BCUT2D eigenvalue weighted by molar-refractivity contribution is 0.203. The summed E-state index contributed by atoms with van der Waals surface area (Å²) < 4.78 is 0. The van der Waals surface area contributed by atoms with Gasteiger partial charge in [0.25, 0.3) is 0 Å². The molecule has 0 amide bonds. The summed E-state index contributed by atoms with van der Waals surface area (Å²) in [6.07, 6.45) is 4.30.